The average molecular weight is 282 g/mol. The number of nitrogens with zero attached hydrogens (tertiary/aromatic N) is 1. The summed E-state index contributed by atoms with van der Waals surface area (Å²) in [7, 11) is 0. The van der Waals surface area contributed by atoms with Crippen LogP contribution in [0.3, 0.4) is 0 Å². The third-order valence-electron chi connectivity index (χ3n) is 4.40. The van der Waals surface area contributed by atoms with Gasteiger partial charge in [-0.05, 0) is 35.2 Å². The molecule has 1 aliphatic rings. The Morgan fingerprint density at radius 1 is 1.14 bits per heavy atom. The van der Waals surface area contributed by atoms with Gasteiger partial charge in [-0.15, -0.1) is 0 Å². The van der Waals surface area contributed by atoms with Crippen LogP contribution >= 0.6 is 0 Å². The number of fused-ring (bicyclic) bond motifs is 1. The van der Waals surface area contributed by atoms with Crippen molar-refractivity contribution in [1.29, 1.82) is 0 Å². The van der Waals surface area contributed by atoms with Gasteiger partial charge >= 0.3 is 0 Å². The molecule has 1 unspecified atom stereocenters. The van der Waals surface area contributed by atoms with Gasteiger partial charge < -0.3 is 5.32 Å². The number of benzene rings is 2. The molecule has 1 atom stereocenters. The Hall–Kier alpha value is -1.38. The topological polar surface area (TPSA) is 15.3 Å². The highest BCUT2D eigenvalue weighted by Gasteiger charge is 2.23. The Kier molecular flexibility index (Phi) is 4.57. The fourth-order valence-corrected chi connectivity index (χ4v) is 3.41. The number of nitrogens with one attached hydrogen (secondary N) is 1. The lowest BCUT2D eigenvalue weighted by Gasteiger charge is -2.30. The molecule has 0 amide bonds. The van der Waals surface area contributed by atoms with Gasteiger partial charge in [0.25, 0.3) is 0 Å². The SMILES string of the molecule is CC(C)CN(Cc1cccc2ccccc12)C1CCNC1. The summed E-state index contributed by atoms with van der Waals surface area (Å²) < 4.78 is 0. The maximum atomic E-state index is 3.51. The minimum absolute atomic E-state index is 0.686. The van der Waals surface area contributed by atoms with E-state index in [1.807, 2.05) is 0 Å². The average Bonchev–Trinajstić information content (AvgIpc) is 3.01. The predicted octanol–water partition coefficient (Wildman–Crippen LogP) is 3.66. The molecule has 112 valence electrons. The van der Waals surface area contributed by atoms with Crippen molar-refractivity contribution in [3.05, 3.63) is 48.0 Å². The zero-order valence-corrected chi connectivity index (χ0v) is 13.2. The molecule has 0 aromatic heterocycles. The van der Waals surface area contributed by atoms with Gasteiger partial charge in [-0.3, -0.25) is 4.90 Å². The van der Waals surface area contributed by atoms with Crippen LogP contribution in [0.2, 0.25) is 0 Å². The van der Waals surface area contributed by atoms with Crippen molar-refractivity contribution in [2.75, 3.05) is 19.6 Å². The van der Waals surface area contributed by atoms with Crippen molar-refractivity contribution in [3.63, 3.8) is 0 Å². The fraction of sp³-hybridized carbons (Fsp3) is 0.474. The van der Waals surface area contributed by atoms with Gasteiger partial charge in [0, 0.05) is 25.7 Å². The lowest BCUT2D eigenvalue weighted by atomic mass is 10.0. The Labute approximate surface area is 128 Å². The molecule has 1 saturated heterocycles. The molecular weight excluding hydrogens is 256 g/mol. The Bertz CT molecular complexity index is 580. The van der Waals surface area contributed by atoms with E-state index in [9.17, 15) is 0 Å². The molecule has 1 N–H and O–H groups in total. The lowest BCUT2D eigenvalue weighted by molar-refractivity contribution is 0.178. The fourth-order valence-electron chi connectivity index (χ4n) is 3.41. The number of hydrogen-bond acceptors (Lipinski definition) is 2. The van der Waals surface area contributed by atoms with E-state index in [1.165, 1.54) is 29.3 Å². The van der Waals surface area contributed by atoms with Gasteiger partial charge in [0.15, 0.2) is 0 Å². The molecule has 0 spiro atoms. The third kappa shape index (κ3) is 3.45. The van der Waals surface area contributed by atoms with E-state index in [0.29, 0.717) is 12.0 Å². The summed E-state index contributed by atoms with van der Waals surface area (Å²) in [6, 6.07) is 16.1. The van der Waals surface area contributed by atoms with Gasteiger partial charge in [-0.2, -0.15) is 0 Å². The zero-order valence-electron chi connectivity index (χ0n) is 13.2. The van der Waals surface area contributed by atoms with Crippen LogP contribution in [0, 0.1) is 5.92 Å². The highest BCUT2D eigenvalue weighted by molar-refractivity contribution is 5.85. The number of hydrogen-bond donors (Lipinski definition) is 1. The summed E-state index contributed by atoms with van der Waals surface area (Å²) in [5.41, 5.74) is 1.46. The second-order valence-corrected chi connectivity index (χ2v) is 6.61. The minimum Gasteiger partial charge on any atom is -0.315 e. The summed E-state index contributed by atoms with van der Waals surface area (Å²) in [5, 5.41) is 6.26. The van der Waals surface area contributed by atoms with E-state index < -0.39 is 0 Å². The minimum atomic E-state index is 0.686. The molecule has 2 heteroatoms. The standard InChI is InChI=1S/C19H26N2/c1-15(2)13-21(18-10-11-20-12-18)14-17-8-5-7-16-6-3-4-9-19(16)17/h3-9,15,18,20H,10-14H2,1-2H3. The predicted molar refractivity (Wildman–Crippen MR) is 90.5 cm³/mol. The van der Waals surface area contributed by atoms with Gasteiger partial charge in [-0.1, -0.05) is 56.3 Å². The van der Waals surface area contributed by atoms with Crippen LogP contribution in [0.5, 0.6) is 0 Å². The van der Waals surface area contributed by atoms with Gasteiger partial charge in [-0.25, -0.2) is 0 Å². The first-order valence-electron chi connectivity index (χ1n) is 8.15. The second kappa shape index (κ2) is 6.59. The highest BCUT2D eigenvalue weighted by Crippen LogP contribution is 2.22. The molecule has 0 saturated carbocycles. The van der Waals surface area contributed by atoms with Crippen LogP contribution in [0.1, 0.15) is 25.8 Å². The summed E-state index contributed by atoms with van der Waals surface area (Å²) in [6.07, 6.45) is 1.28. The zero-order chi connectivity index (χ0) is 14.7. The first-order chi connectivity index (χ1) is 10.2. The van der Waals surface area contributed by atoms with E-state index in [4.69, 9.17) is 0 Å². The van der Waals surface area contributed by atoms with E-state index in [0.717, 1.165) is 19.6 Å². The van der Waals surface area contributed by atoms with Crippen LogP contribution in [-0.4, -0.2) is 30.6 Å². The molecule has 2 nitrogen and oxygen atoms in total. The molecule has 21 heavy (non-hydrogen) atoms. The van der Waals surface area contributed by atoms with Crippen LogP contribution in [-0.2, 0) is 6.54 Å². The quantitative estimate of drug-likeness (QED) is 0.900. The Morgan fingerprint density at radius 3 is 2.71 bits per heavy atom. The Morgan fingerprint density at radius 2 is 1.95 bits per heavy atom. The molecule has 0 radical (unpaired) electrons. The Balaban J connectivity index is 1.86. The van der Waals surface area contributed by atoms with Crippen LogP contribution in [0.25, 0.3) is 10.8 Å². The molecule has 0 aliphatic carbocycles. The number of rotatable bonds is 5. The molecule has 1 heterocycles. The van der Waals surface area contributed by atoms with E-state index in [-0.39, 0.29) is 0 Å². The molecule has 2 aromatic carbocycles. The van der Waals surface area contributed by atoms with Crippen molar-refractivity contribution in [3.8, 4) is 0 Å². The monoisotopic (exact) mass is 282 g/mol. The van der Waals surface area contributed by atoms with Crippen LogP contribution in [0.15, 0.2) is 42.5 Å². The van der Waals surface area contributed by atoms with Crippen LogP contribution in [0.4, 0.5) is 0 Å². The van der Waals surface area contributed by atoms with Gasteiger partial charge in [0.2, 0.25) is 0 Å². The molecule has 1 aliphatic heterocycles. The van der Waals surface area contributed by atoms with Crippen molar-refractivity contribution in [2.24, 2.45) is 5.92 Å². The summed E-state index contributed by atoms with van der Waals surface area (Å²) in [6.45, 7) is 9.17. The smallest absolute Gasteiger partial charge is 0.0243 e. The molecule has 0 bridgehead atoms. The molecular formula is C19H26N2. The van der Waals surface area contributed by atoms with Crippen molar-refractivity contribution in [2.45, 2.75) is 32.9 Å². The summed E-state index contributed by atoms with van der Waals surface area (Å²) >= 11 is 0. The maximum Gasteiger partial charge on any atom is 0.0243 e. The van der Waals surface area contributed by atoms with Crippen molar-refractivity contribution >= 4 is 10.8 Å². The van der Waals surface area contributed by atoms with E-state index in [1.54, 1.807) is 0 Å². The largest absolute Gasteiger partial charge is 0.315 e. The van der Waals surface area contributed by atoms with Gasteiger partial charge in [0.05, 0.1) is 0 Å². The van der Waals surface area contributed by atoms with E-state index >= 15 is 0 Å². The normalized spacial score (nSPS) is 19.0. The highest BCUT2D eigenvalue weighted by atomic mass is 15.2. The lowest BCUT2D eigenvalue weighted by Crippen LogP contribution is -2.38. The first-order valence-corrected chi connectivity index (χ1v) is 8.15. The molecule has 2 aromatic rings. The molecule has 1 fully saturated rings. The summed E-state index contributed by atoms with van der Waals surface area (Å²) in [4.78, 5) is 2.67. The summed E-state index contributed by atoms with van der Waals surface area (Å²) in [5.74, 6) is 0.709. The maximum absolute atomic E-state index is 3.51. The van der Waals surface area contributed by atoms with Crippen molar-refractivity contribution in [1.82, 2.24) is 10.2 Å². The second-order valence-electron chi connectivity index (χ2n) is 6.61. The van der Waals surface area contributed by atoms with Gasteiger partial charge in [0.1, 0.15) is 0 Å². The first kappa shape index (κ1) is 14.6. The third-order valence-corrected chi connectivity index (χ3v) is 4.40. The van der Waals surface area contributed by atoms with Crippen molar-refractivity contribution < 1.29 is 0 Å². The molecule has 3 rings (SSSR count). The van der Waals surface area contributed by atoms with Crippen LogP contribution < -0.4 is 5.32 Å². The van der Waals surface area contributed by atoms with E-state index in [2.05, 4.69) is 66.5 Å².